The summed E-state index contributed by atoms with van der Waals surface area (Å²) < 4.78 is 46.8. The average molecular weight is 674 g/mol. The van der Waals surface area contributed by atoms with Gasteiger partial charge in [0, 0.05) is 37.8 Å². The third kappa shape index (κ3) is 9.68. The summed E-state index contributed by atoms with van der Waals surface area (Å²) in [6, 6.07) is 15.5. The quantitative estimate of drug-likeness (QED) is 0.291. The zero-order chi connectivity index (χ0) is 33.3. The van der Waals surface area contributed by atoms with E-state index in [0.29, 0.717) is 25.4 Å². The number of anilines is 1. The van der Waals surface area contributed by atoms with Crippen LogP contribution in [0.4, 0.5) is 5.69 Å². The first-order chi connectivity index (χ1) is 22.0. The van der Waals surface area contributed by atoms with Crippen molar-refractivity contribution >= 4 is 33.0 Å². The van der Waals surface area contributed by atoms with Crippen molar-refractivity contribution in [2.24, 2.45) is 5.92 Å². The molecule has 0 bridgehead atoms. The van der Waals surface area contributed by atoms with E-state index >= 15 is 0 Å². The molecule has 1 aliphatic heterocycles. The molecule has 1 amide bonds. The van der Waals surface area contributed by atoms with E-state index in [1.165, 1.54) is 12.1 Å². The van der Waals surface area contributed by atoms with Gasteiger partial charge in [-0.2, -0.15) is 0 Å². The molecule has 46 heavy (non-hydrogen) atoms. The predicted octanol–water partition coefficient (Wildman–Crippen LogP) is 5.49. The molecule has 1 aliphatic rings. The van der Waals surface area contributed by atoms with Gasteiger partial charge in [-0.15, -0.1) is 11.3 Å². The second kappa shape index (κ2) is 16.6. The number of carbonyl (C=O) groups excluding carboxylic acids is 1. The van der Waals surface area contributed by atoms with E-state index in [1.807, 2.05) is 31.2 Å². The molecule has 10 nitrogen and oxygen atoms in total. The van der Waals surface area contributed by atoms with Crippen molar-refractivity contribution in [2.45, 2.75) is 69.0 Å². The summed E-state index contributed by atoms with van der Waals surface area (Å²) in [7, 11) is -0.122. The molecule has 1 aromatic heterocycles. The van der Waals surface area contributed by atoms with E-state index < -0.39 is 16.1 Å². The Labute approximate surface area is 277 Å². The molecule has 0 spiro atoms. The lowest BCUT2D eigenvalue weighted by molar-refractivity contribution is -0.0177. The van der Waals surface area contributed by atoms with Crippen LogP contribution < -0.4 is 14.2 Å². The van der Waals surface area contributed by atoms with E-state index in [2.05, 4.69) is 23.6 Å². The molecule has 4 atom stereocenters. The van der Waals surface area contributed by atoms with Crippen LogP contribution in [0.15, 0.2) is 64.2 Å². The van der Waals surface area contributed by atoms with Gasteiger partial charge in [0.15, 0.2) is 0 Å². The number of rotatable bonds is 10. The van der Waals surface area contributed by atoms with Crippen LogP contribution >= 0.6 is 11.3 Å². The molecule has 0 unspecified atom stereocenters. The summed E-state index contributed by atoms with van der Waals surface area (Å²) in [5.74, 6) is 0.757. The number of hydrogen-bond acceptors (Lipinski definition) is 9. The number of amides is 1. The third-order valence-electron chi connectivity index (χ3n) is 8.17. The van der Waals surface area contributed by atoms with Crippen LogP contribution in [0, 0.1) is 5.92 Å². The molecule has 12 heteroatoms. The molecule has 0 saturated heterocycles. The van der Waals surface area contributed by atoms with Crippen LogP contribution in [0.5, 0.6) is 11.5 Å². The Balaban J connectivity index is 1.61. The second-order valence-corrected chi connectivity index (χ2v) is 15.0. The van der Waals surface area contributed by atoms with E-state index in [9.17, 15) is 18.3 Å². The fourth-order valence-electron chi connectivity index (χ4n) is 5.48. The Hall–Kier alpha value is -3.16. The summed E-state index contributed by atoms with van der Waals surface area (Å²) in [6.45, 7) is 7.86. The van der Waals surface area contributed by atoms with Crippen molar-refractivity contribution in [1.29, 1.82) is 0 Å². The number of aliphatic hydroxyl groups excluding tert-OH is 1. The van der Waals surface area contributed by atoms with Crippen molar-refractivity contribution in [3.63, 3.8) is 0 Å². The molecule has 0 aliphatic carbocycles. The monoisotopic (exact) mass is 673 g/mol. The number of likely N-dealkylation sites (N-methyl/N-ethyl adjacent to an activating group) is 1. The minimum Gasteiger partial charge on any atom is -0.497 e. The van der Waals surface area contributed by atoms with Crippen molar-refractivity contribution in [2.75, 3.05) is 45.2 Å². The maximum Gasteiger partial charge on any atom is 0.271 e. The Bertz CT molecular complexity index is 1500. The minimum absolute atomic E-state index is 0.0805. The number of sulfonamides is 1. The Morgan fingerprint density at radius 2 is 1.91 bits per heavy atom. The molecular weight excluding hydrogens is 627 g/mol. The number of nitrogens with one attached hydrogen (secondary N) is 1. The van der Waals surface area contributed by atoms with E-state index in [0.717, 1.165) is 48.5 Å². The van der Waals surface area contributed by atoms with Crippen LogP contribution in [-0.2, 0) is 21.3 Å². The predicted molar refractivity (Wildman–Crippen MR) is 181 cm³/mol. The standard InChI is InChI=1S/C34H47N3O7S2/c1-24-20-37(25(2)23-38)34(39)30-19-28(35-46(40,41)33-10-8-18-45-33)13-16-31(30)44-26(3)9-6-7-17-43-32(24)22-36(4)21-27-11-14-29(42-5)15-12-27/h8,10-16,18-19,24-26,32,35,38H,6-7,9,17,20-23H2,1-5H3/t24-,25-,26-,32-/m1/s1. The Kier molecular flexibility index (Phi) is 12.9. The molecule has 4 rings (SSSR count). The topological polar surface area (TPSA) is 118 Å². The Morgan fingerprint density at radius 1 is 1.15 bits per heavy atom. The number of thiophene rings is 1. The maximum absolute atomic E-state index is 14.3. The van der Waals surface area contributed by atoms with Crippen LogP contribution in [0.1, 0.15) is 56.0 Å². The van der Waals surface area contributed by atoms with Crippen molar-refractivity contribution in [3.05, 3.63) is 71.1 Å². The summed E-state index contributed by atoms with van der Waals surface area (Å²) in [4.78, 5) is 18.2. The molecular formula is C34H47N3O7S2. The smallest absolute Gasteiger partial charge is 0.271 e. The molecule has 3 aromatic rings. The summed E-state index contributed by atoms with van der Waals surface area (Å²) in [5.41, 5.74) is 1.64. The summed E-state index contributed by atoms with van der Waals surface area (Å²) in [6.07, 6.45) is 2.16. The van der Waals surface area contributed by atoms with Crippen molar-refractivity contribution in [3.8, 4) is 11.5 Å². The van der Waals surface area contributed by atoms with Crippen LogP contribution in [0.2, 0.25) is 0 Å². The van der Waals surface area contributed by atoms with Crippen molar-refractivity contribution < 1.29 is 32.5 Å². The van der Waals surface area contributed by atoms with Gasteiger partial charge in [-0.1, -0.05) is 25.1 Å². The van der Waals surface area contributed by atoms with Gasteiger partial charge in [-0.25, -0.2) is 8.42 Å². The van der Waals surface area contributed by atoms with E-state index in [1.54, 1.807) is 42.5 Å². The SMILES string of the molecule is COc1ccc(CN(C)C[C@H]2OCCCC[C@@H](C)Oc3ccc(NS(=O)(=O)c4cccs4)cc3C(=O)N([C@H](C)CO)C[C@H]2C)cc1. The van der Waals surface area contributed by atoms with Gasteiger partial charge in [0.25, 0.3) is 15.9 Å². The number of carbonyl (C=O) groups is 1. The molecule has 252 valence electrons. The molecule has 2 aromatic carbocycles. The highest BCUT2D eigenvalue weighted by Gasteiger charge is 2.31. The zero-order valence-corrected chi connectivity index (χ0v) is 29.0. The lowest BCUT2D eigenvalue weighted by Crippen LogP contribution is -2.47. The lowest BCUT2D eigenvalue weighted by Gasteiger charge is -2.36. The first-order valence-corrected chi connectivity index (χ1v) is 18.1. The van der Waals surface area contributed by atoms with Gasteiger partial charge in [0.05, 0.1) is 37.5 Å². The van der Waals surface area contributed by atoms with E-state index in [-0.39, 0.29) is 46.1 Å². The number of benzene rings is 2. The summed E-state index contributed by atoms with van der Waals surface area (Å²) in [5, 5.41) is 11.9. The van der Waals surface area contributed by atoms with Gasteiger partial charge in [0.1, 0.15) is 15.7 Å². The number of fused-ring (bicyclic) bond motifs is 1. The van der Waals surface area contributed by atoms with Gasteiger partial charge in [-0.05, 0) is 87.5 Å². The number of methoxy groups -OCH3 is 1. The first-order valence-electron chi connectivity index (χ1n) is 15.7. The molecule has 0 fully saturated rings. The highest BCUT2D eigenvalue weighted by atomic mass is 32.2. The second-order valence-electron chi connectivity index (χ2n) is 12.1. The third-order valence-corrected chi connectivity index (χ3v) is 10.9. The normalized spacial score (nSPS) is 20.8. The maximum atomic E-state index is 14.3. The molecule has 0 radical (unpaired) electrons. The molecule has 0 saturated carbocycles. The van der Waals surface area contributed by atoms with Crippen LogP contribution in [0.25, 0.3) is 0 Å². The zero-order valence-electron chi connectivity index (χ0n) is 27.3. The van der Waals surface area contributed by atoms with Gasteiger partial charge in [-0.3, -0.25) is 14.4 Å². The average Bonchev–Trinajstić information content (AvgIpc) is 3.59. The van der Waals surface area contributed by atoms with Crippen LogP contribution in [0.3, 0.4) is 0 Å². The van der Waals surface area contributed by atoms with Crippen LogP contribution in [-0.4, -0.2) is 87.9 Å². The Morgan fingerprint density at radius 3 is 2.59 bits per heavy atom. The fourth-order valence-corrected chi connectivity index (χ4v) is 7.53. The number of ether oxygens (including phenoxy) is 3. The van der Waals surface area contributed by atoms with Gasteiger partial charge < -0.3 is 24.2 Å². The molecule has 2 heterocycles. The minimum atomic E-state index is -3.83. The van der Waals surface area contributed by atoms with E-state index in [4.69, 9.17) is 14.2 Å². The van der Waals surface area contributed by atoms with Crippen molar-refractivity contribution in [1.82, 2.24) is 9.80 Å². The largest absolute Gasteiger partial charge is 0.497 e. The lowest BCUT2D eigenvalue weighted by atomic mass is 10.0. The fraction of sp³-hybridized carbons (Fsp3) is 0.500. The van der Waals surface area contributed by atoms with Gasteiger partial charge >= 0.3 is 0 Å². The van der Waals surface area contributed by atoms with Gasteiger partial charge in [0.2, 0.25) is 0 Å². The summed E-state index contributed by atoms with van der Waals surface area (Å²) >= 11 is 1.11. The number of nitrogens with zero attached hydrogens (tertiary/aromatic N) is 2. The highest BCUT2D eigenvalue weighted by molar-refractivity contribution is 7.94. The number of hydrogen-bond donors (Lipinski definition) is 2. The highest BCUT2D eigenvalue weighted by Crippen LogP contribution is 2.30. The first kappa shape index (κ1) is 35.7. The number of aliphatic hydroxyl groups is 1. The molecule has 2 N–H and O–H groups in total.